The number of amides is 1. The molecule has 1 heterocycles. The normalized spacial score (nSPS) is 16.4. The van der Waals surface area contributed by atoms with Crippen molar-refractivity contribution in [2.24, 2.45) is 0 Å². The molecule has 1 fully saturated rings. The van der Waals surface area contributed by atoms with Crippen LogP contribution >= 0.6 is 0 Å². The van der Waals surface area contributed by atoms with Crippen LogP contribution in [0, 0.1) is 18.3 Å². The summed E-state index contributed by atoms with van der Waals surface area (Å²) in [6.45, 7) is 6.25. The van der Waals surface area contributed by atoms with Crippen LogP contribution < -0.4 is 5.32 Å². The van der Waals surface area contributed by atoms with Crippen molar-refractivity contribution in [3.05, 3.63) is 29.3 Å². The topological polar surface area (TPSA) is 65.4 Å². The highest BCUT2D eigenvalue weighted by Gasteiger charge is 2.22. The zero-order chi connectivity index (χ0) is 14.5. The first-order valence-corrected chi connectivity index (χ1v) is 6.75. The fourth-order valence-corrected chi connectivity index (χ4v) is 2.25. The van der Waals surface area contributed by atoms with E-state index in [-0.39, 0.29) is 11.9 Å². The zero-order valence-corrected chi connectivity index (χ0v) is 11.8. The Hall–Kier alpha value is -2.06. The number of hydrogen-bond acceptors (Lipinski definition) is 4. The molecule has 1 aromatic carbocycles. The number of carbonyl (C=O) groups is 1. The van der Waals surface area contributed by atoms with E-state index in [0.29, 0.717) is 31.9 Å². The Morgan fingerprint density at radius 3 is 2.75 bits per heavy atom. The van der Waals surface area contributed by atoms with Crippen molar-refractivity contribution < 1.29 is 9.53 Å². The van der Waals surface area contributed by atoms with Crippen molar-refractivity contribution in [1.82, 2.24) is 4.90 Å². The smallest absolute Gasteiger partial charge is 0.244 e. The van der Waals surface area contributed by atoms with Crippen LogP contribution in [0.5, 0.6) is 0 Å². The molecule has 5 heteroatoms. The average molecular weight is 273 g/mol. The Kier molecular flexibility index (Phi) is 4.59. The number of benzene rings is 1. The highest BCUT2D eigenvalue weighted by atomic mass is 16.5. The number of nitrogens with one attached hydrogen (secondary N) is 1. The SMILES string of the molecule is Cc1cc(NC(C)C(=O)N2CCOCC2)ccc1C#N. The van der Waals surface area contributed by atoms with E-state index in [9.17, 15) is 4.79 Å². The third kappa shape index (κ3) is 3.28. The summed E-state index contributed by atoms with van der Waals surface area (Å²) in [6, 6.07) is 7.33. The van der Waals surface area contributed by atoms with Gasteiger partial charge in [0.2, 0.25) is 5.91 Å². The monoisotopic (exact) mass is 273 g/mol. The number of nitriles is 1. The first kappa shape index (κ1) is 14.4. The maximum Gasteiger partial charge on any atom is 0.244 e. The molecular formula is C15H19N3O2. The van der Waals surface area contributed by atoms with Gasteiger partial charge in [0.1, 0.15) is 6.04 Å². The quantitative estimate of drug-likeness (QED) is 0.907. The molecule has 1 N–H and O–H groups in total. The van der Waals surface area contributed by atoms with Crippen LogP contribution in [0.3, 0.4) is 0 Å². The van der Waals surface area contributed by atoms with Gasteiger partial charge in [0.25, 0.3) is 0 Å². The van der Waals surface area contributed by atoms with Crippen molar-refractivity contribution in [2.75, 3.05) is 31.6 Å². The largest absolute Gasteiger partial charge is 0.378 e. The summed E-state index contributed by atoms with van der Waals surface area (Å²) < 4.78 is 5.24. The van der Waals surface area contributed by atoms with Gasteiger partial charge < -0.3 is 15.0 Å². The molecule has 1 amide bonds. The Morgan fingerprint density at radius 1 is 1.45 bits per heavy atom. The van der Waals surface area contributed by atoms with Crippen LogP contribution in [0.2, 0.25) is 0 Å². The van der Waals surface area contributed by atoms with E-state index in [0.717, 1.165) is 11.3 Å². The van der Waals surface area contributed by atoms with Gasteiger partial charge in [0.15, 0.2) is 0 Å². The van der Waals surface area contributed by atoms with Gasteiger partial charge in [-0.3, -0.25) is 4.79 Å². The number of morpholine rings is 1. The molecule has 1 aromatic rings. The molecule has 0 bridgehead atoms. The second-order valence-corrected chi connectivity index (χ2v) is 4.95. The molecule has 1 atom stereocenters. The molecule has 0 radical (unpaired) electrons. The van der Waals surface area contributed by atoms with Crippen molar-refractivity contribution in [3.63, 3.8) is 0 Å². The van der Waals surface area contributed by atoms with Crippen LogP contribution in [0.4, 0.5) is 5.69 Å². The minimum atomic E-state index is -0.291. The van der Waals surface area contributed by atoms with Crippen LogP contribution in [0.25, 0.3) is 0 Å². The van der Waals surface area contributed by atoms with Gasteiger partial charge >= 0.3 is 0 Å². The highest BCUT2D eigenvalue weighted by Crippen LogP contribution is 2.16. The van der Waals surface area contributed by atoms with E-state index in [4.69, 9.17) is 10.00 Å². The molecule has 106 valence electrons. The predicted octanol–water partition coefficient (Wildman–Crippen LogP) is 1.53. The number of carbonyl (C=O) groups excluding carboxylic acids is 1. The number of nitrogens with zero attached hydrogens (tertiary/aromatic N) is 2. The van der Waals surface area contributed by atoms with E-state index in [1.807, 2.05) is 30.9 Å². The number of hydrogen-bond donors (Lipinski definition) is 1. The summed E-state index contributed by atoms with van der Waals surface area (Å²) in [4.78, 5) is 14.1. The molecule has 1 aliphatic heterocycles. The summed E-state index contributed by atoms with van der Waals surface area (Å²) in [5, 5.41) is 12.1. The second-order valence-electron chi connectivity index (χ2n) is 4.95. The molecule has 1 saturated heterocycles. The molecule has 1 aliphatic rings. The Labute approximate surface area is 119 Å². The van der Waals surface area contributed by atoms with E-state index in [1.54, 1.807) is 6.07 Å². The number of aryl methyl sites for hydroxylation is 1. The standard InChI is InChI=1S/C15H19N3O2/c1-11-9-14(4-3-13(11)10-16)17-12(2)15(19)18-5-7-20-8-6-18/h3-4,9,12,17H,5-8H2,1-2H3. The van der Waals surface area contributed by atoms with Crippen LogP contribution in [0.1, 0.15) is 18.1 Å². The van der Waals surface area contributed by atoms with Crippen molar-refractivity contribution in [1.29, 1.82) is 5.26 Å². The third-order valence-corrected chi connectivity index (χ3v) is 3.42. The molecular weight excluding hydrogens is 254 g/mol. The highest BCUT2D eigenvalue weighted by molar-refractivity contribution is 5.84. The van der Waals surface area contributed by atoms with E-state index >= 15 is 0 Å². The van der Waals surface area contributed by atoms with Crippen molar-refractivity contribution in [3.8, 4) is 6.07 Å². The van der Waals surface area contributed by atoms with Crippen LogP contribution in [-0.4, -0.2) is 43.2 Å². The third-order valence-electron chi connectivity index (χ3n) is 3.42. The molecule has 0 aliphatic carbocycles. The lowest BCUT2D eigenvalue weighted by Crippen LogP contribution is -2.47. The lowest BCUT2D eigenvalue weighted by molar-refractivity contribution is -0.135. The van der Waals surface area contributed by atoms with Gasteiger partial charge in [-0.1, -0.05) is 0 Å². The summed E-state index contributed by atoms with van der Waals surface area (Å²) in [6.07, 6.45) is 0. The van der Waals surface area contributed by atoms with E-state index in [1.165, 1.54) is 0 Å². The molecule has 0 spiro atoms. The first-order valence-electron chi connectivity index (χ1n) is 6.75. The number of rotatable bonds is 3. The van der Waals surface area contributed by atoms with Gasteiger partial charge in [-0.05, 0) is 37.6 Å². The van der Waals surface area contributed by atoms with Gasteiger partial charge in [-0.25, -0.2) is 0 Å². The summed E-state index contributed by atoms with van der Waals surface area (Å²) in [7, 11) is 0. The molecule has 2 rings (SSSR count). The van der Waals surface area contributed by atoms with Crippen LogP contribution in [0.15, 0.2) is 18.2 Å². The van der Waals surface area contributed by atoms with E-state index in [2.05, 4.69) is 11.4 Å². The van der Waals surface area contributed by atoms with Crippen LogP contribution in [-0.2, 0) is 9.53 Å². The summed E-state index contributed by atoms with van der Waals surface area (Å²) >= 11 is 0. The van der Waals surface area contributed by atoms with Gasteiger partial charge in [0.05, 0.1) is 24.8 Å². The Morgan fingerprint density at radius 2 is 2.15 bits per heavy atom. The molecule has 0 saturated carbocycles. The minimum absolute atomic E-state index is 0.0790. The average Bonchev–Trinajstić information content (AvgIpc) is 2.47. The maximum atomic E-state index is 12.3. The van der Waals surface area contributed by atoms with Gasteiger partial charge in [-0.15, -0.1) is 0 Å². The molecule has 1 unspecified atom stereocenters. The minimum Gasteiger partial charge on any atom is -0.378 e. The molecule has 0 aromatic heterocycles. The van der Waals surface area contributed by atoms with E-state index < -0.39 is 0 Å². The number of anilines is 1. The Bertz CT molecular complexity index is 530. The van der Waals surface area contributed by atoms with Gasteiger partial charge in [-0.2, -0.15) is 5.26 Å². The Balaban J connectivity index is 2.00. The fourth-order valence-electron chi connectivity index (χ4n) is 2.25. The lowest BCUT2D eigenvalue weighted by atomic mass is 10.1. The first-order chi connectivity index (χ1) is 9.61. The maximum absolute atomic E-state index is 12.3. The zero-order valence-electron chi connectivity index (χ0n) is 11.8. The van der Waals surface area contributed by atoms with Crippen molar-refractivity contribution in [2.45, 2.75) is 19.9 Å². The summed E-state index contributed by atoms with van der Waals surface area (Å²) in [5.41, 5.74) is 2.42. The predicted molar refractivity (Wildman–Crippen MR) is 76.4 cm³/mol. The van der Waals surface area contributed by atoms with Crippen molar-refractivity contribution >= 4 is 11.6 Å². The number of ether oxygens (including phenoxy) is 1. The van der Waals surface area contributed by atoms with Gasteiger partial charge in [0, 0.05) is 18.8 Å². The fraction of sp³-hybridized carbons (Fsp3) is 0.467. The lowest BCUT2D eigenvalue weighted by Gasteiger charge is -2.29. The molecule has 5 nitrogen and oxygen atoms in total. The summed E-state index contributed by atoms with van der Waals surface area (Å²) in [5.74, 6) is 0.0790. The second kappa shape index (κ2) is 6.40. The molecule has 20 heavy (non-hydrogen) atoms.